The van der Waals surface area contributed by atoms with Crippen LogP contribution in [0.4, 0.5) is 0 Å². The maximum Gasteiger partial charge on any atom is 0.139 e. The van der Waals surface area contributed by atoms with Crippen LogP contribution in [-0.2, 0) is 0 Å². The zero-order chi connectivity index (χ0) is 12.3. The van der Waals surface area contributed by atoms with E-state index in [1.807, 2.05) is 13.8 Å². The number of phenols is 1. The lowest BCUT2D eigenvalue weighted by molar-refractivity contribution is 0.166. The Kier molecular flexibility index (Phi) is 4.59. The molecule has 1 aromatic rings. The maximum absolute atomic E-state index is 9.83. The Bertz CT molecular complexity index is 366. The van der Waals surface area contributed by atoms with Crippen molar-refractivity contribution in [3.05, 3.63) is 28.3 Å². The summed E-state index contributed by atoms with van der Waals surface area (Å²) in [5, 5.41) is 19.9. The highest BCUT2D eigenvalue weighted by Crippen LogP contribution is 2.36. The molecular formula is C12H18ClNO2. The van der Waals surface area contributed by atoms with Gasteiger partial charge in [-0.2, -0.15) is 0 Å². The SMILES string of the molecule is CC(C)c1cc(Cl)c(O)c(C(O)CCN)c1. The normalized spacial score (nSPS) is 13.1. The number of halogens is 1. The zero-order valence-corrected chi connectivity index (χ0v) is 10.3. The molecule has 1 rings (SSSR count). The quantitative estimate of drug-likeness (QED) is 0.761. The van der Waals surface area contributed by atoms with E-state index in [1.165, 1.54) is 0 Å². The molecule has 0 aliphatic carbocycles. The second kappa shape index (κ2) is 5.53. The van der Waals surface area contributed by atoms with Crippen molar-refractivity contribution >= 4 is 11.6 Å². The van der Waals surface area contributed by atoms with Crippen LogP contribution in [0, 0.1) is 0 Å². The molecule has 1 aromatic carbocycles. The summed E-state index contributed by atoms with van der Waals surface area (Å²) in [6.45, 7) is 4.42. The van der Waals surface area contributed by atoms with Crippen molar-refractivity contribution in [3.8, 4) is 5.75 Å². The van der Waals surface area contributed by atoms with Crippen molar-refractivity contribution in [1.82, 2.24) is 0 Å². The zero-order valence-electron chi connectivity index (χ0n) is 9.57. The lowest BCUT2D eigenvalue weighted by Crippen LogP contribution is -2.07. The molecule has 4 N–H and O–H groups in total. The van der Waals surface area contributed by atoms with E-state index < -0.39 is 6.10 Å². The van der Waals surface area contributed by atoms with Crippen LogP contribution in [0.1, 0.15) is 43.4 Å². The second-order valence-corrected chi connectivity index (χ2v) is 4.60. The number of hydrogen-bond acceptors (Lipinski definition) is 3. The molecule has 0 radical (unpaired) electrons. The molecule has 0 aliphatic rings. The Morgan fingerprint density at radius 1 is 1.38 bits per heavy atom. The first-order valence-electron chi connectivity index (χ1n) is 5.37. The first-order chi connectivity index (χ1) is 7.47. The third-order valence-electron chi connectivity index (χ3n) is 2.58. The minimum atomic E-state index is -0.763. The molecule has 0 bridgehead atoms. The number of aliphatic hydroxyl groups excluding tert-OH is 1. The number of rotatable bonds is 4. The number of hydrogen-bond donors (Lipinski definition) is 3. The first kappa shape index (κ1) is 13.3. The minimum absolute atomic E-state index is 0.0491. The van der Waals surface area contributed by atoms with E-state index in [4.69, 9.17) is 17.3 Å². The predicted octanol–water partition coefficient (Wildman–Crippen LogP) is 2.55. The molecule has 16 heavy (non-hydrogen) atoms. The van der Waals surface area contributed by atoms with Gasteiger partial charge in [0.25, 0.3) is 0 Å². The maximum atomic E-state index is 9.83. The van der Waals surface area contributed by atoms with Crippen LogP contribution in [-0.4, -0.2) is 16.8 Å². The standard InChI is InChI=1S/C12H18ClNO2/c1-7(2)8-5-9(11(15)3-4-14)12(16)10(13)6-8/h5-7,11,15-16H,3-4,14H2,1-2H3. The van der Waals surface area contributed by atoms with Gasteiger partial charge in [-0.15, -0.1) is 0 Å². The van der Waals surface area contributed by atoms with Gasteiger partial charge in [0, 0.05) is 5.56 Å². The van der Waals surface area contributed by atoms with Crippen LogP contribution in [0.15, 0.2) is 12.1 Å². The molecule has 0 saturated heterocycles. The summed E-state index contributed by atoms with van der Waals surface area (Å²) in [6, 6.07) is 3.51. The lowest BCUT2D eigenvalue weighted by atomic mass is 9.97. The van der Waals surface area contributed by atoms with Crippen molar-refractivity contribution in [3.63, 3.8) is 0 Å². The molecule has 0 heterocycles. The lowest BCUT2D eigenvalue weighted by Gasteiger charge is -2.16. The molecule has 4 heteroatoms. The summed E-state index contributed by atoms with van der Waals surface area (Å²) >= 11 is 5.91. The van der Waals surface area contributed by atoms with Gasteiger partial charge in [-0.1, -0.05) is 25.4 Å². The number of benzene rings is 1. The summed E-state index contributed by atoms with van der Waals surface area (Å²) < 4.78 is 0. The number of nitrogens with two attached hydrogens (primary N) is 1. The number of aromatic hydroxyl groups is 1. The van der Waals surface area contributed by atoms with E-state index in [9.17, 15) is 10.2 Å². The van der Waals surface area contributed by atoms with Gasteiger partial charge >= 0.3 is 0 Å². The van der Waals surface area contributed by atoms with E-state index >= 15 is 0 Å². The monoisotopic (exact) mass is 243 g/mol. The average molecular weight is 244 g/mol. The van der Waals surface area contributed by atoms with Gasteiger partial charge in [-0.25, -0.2) is 0 Å². The summed E-state index contributed by atoms with van der Waals surface area (Å²) in [4.78, 5) is 0. The van der Waals surface area contributed by atoms with Crippen LogP contribution in [0.2, 0.25) is 5.02 Å². The van der Waals surface area contributed by atoms with Crippen molar-refractivity contribution in [2.75, 3.05) is 6.54 Å². The molecule has 1 atom stereocenters. The fourth-order valence-corrected chi connectivity index (χ4v) is 1.78. The predicted molar refractivity (Wildman–Crippen MR) is 65.8 cm³/mol. The number of aliphatic hydroxyl groups is 1. The molecule has 0 fully saturated rings. The summed E-state index contributed by atoms with van der Waals surface area (Å²) in [5.74, 6) is 0.244. The molecule has 0 amide bonds. The molecule has 0 spiro atoms. The van der Waals surface area contributed by atoms with Crippen molar-refractivity contribution in [2.24, 2.45) is 5.73 Å². The molecule has 1 unspecified atom stereocenters. The van der Waals surface area contributed by atoms with Gasteiger partial charge < -0.3 is 15.9 Å². The third-order valence-corrected chi connectivity index (χ3v) is 2.87. The van der Waals surface area contributed by atoms with E-state index in [0.717, 1.165) is 5.56 Å². The van der Waals surface area contributed by atoms with Crippen LogP contribution in [0.25, 0.3) is 0 Å². The Balaban J connectivity index is 3.16. The largest absolute Gasteiger partial charge is 0.506 e. The molecular weight excluding hydrogens is 226 g/mol. The minimum Gasteiger partial charge on any atom is -0.506 e. The van der Waals surface area contributed by atoms with Crippen molar-refractivity contribution in [2.45, 2.75) is 32.3 Å². The van der Waals surface area contributed by atoms with Crippen LogP contribution >= 0.6 is 11.6 Å². The van der Waals surface area contributed by atoms with E-state index in [1.54, 1.807) is 12.1 Å². The Hall–Kier alpha value is -0.770. The highest BCUT2D eigenvalue weighted by Gasteiger charge is 2.16. The van der Waals surface area contributed by atoms with Crippen molar-refractivity contribution in [1.29, 1.82) is 0 Å². The van der Waals surface area contributed by atoms with E-state index in [2.05, 4.69) is 0 Å². The Morgan fingerprint density at radius 2 is 2.00 bits per heavy atom. The van der Waals surface area contributed by atoms with E-state index in [-0.39, 0.29) is 10.8 Å². The summed E-state index contributed by atoms with van der Waals surface area (Å²) in [7, 11) is 0. The first-order valence-corrected chi connectivity index (χ1v) is 5.75. The molecule has 0 saturated carbocycles. The summed E-state index contributed by atoms with van der Waals surface area (Å²) in [6.07, 6.45) is -0.355. The van der Waals surface area contributed by atoms with E-state index in [0.29, 0.717) is 24.4 Å². The molecule has 3 nitrogen and oxygen atoms in total. The highest BCUT2D eigenvalue weighted by molar-refractivity contribution is 6.32. The Morgan fingerprint density at radius 3 is 2.50 bits per heavy atom. The summed E-state index contributed by atoms with van der Waals surface area (Å²) in [5.41, 5.74) is 6.83. The molecule has 90 valence electrons. The number of phenolic OH excluding ortho intramolecular Hbond substituents is 1. The fourth-order valence-electron chi connectivity index (χ4n) is 1.54. The van der Waals surface area contributed by atoms with Gasteiger partial charge in [0.05, 0.1) is 11.1 Å². The molecule has 0 aliphatic heterocycles. The average Bonchev–Trinajstić information content (AvgIpc) is 2.21. The molecule has 0 aromatic heterocycles. The van der Waals surface area contributed by atoms with Crippen LogP contribution < -0.4 is 5.73 Å². The fraction of sp³-hybridized carbons (Fsp3) is 0.500. The van der Waals surface area contributed by atoms with Gasteiger partial charge in [0.15, 0.2) is 0 Å². The van der Waals surface area contributed by atoms with Crippen molar-refractivity contribution < 1.29 is 10.2 Å². The van der Waals surface area contributed by atoms with Gasteiger partial charge in [0.1, 0.15) is 5.75 Å². The van der Waals surface area contributed by atoms with Crippen LogP contribution in [0.3, 0.4) is 0 Å². The van der Waals surface area contributed by atoms with Gasteiger partial charge in [-0.3, -0.25) is 0 Å². The van der Waals surface area contributed by atoms with Crippen LogP contribution in [0.5, 0.6) is 5.75 Å². The topological polar surface area (TPSA) is 66.5 Å². The highest BCUT2D eigenvalue weighted by atomic mass is 35.5. The third kappa shape index (κ3) is 2.88. The van der Waals surface area contributed by atoms with Gasteiger partial charge in [-0.05, 0) is 36.6 Å². The van der Waals surface area contributed by atoms with Gasteiger partial charge in [0.2, 0.25) is 0 Å². The second-order valence-electron chi connectivity index (χ2n) is 4.19. The smallest absolute Gasteiger partial charge is 0.139 e. The Labute approximate surface area is 101 Å².